The lowest BCUT2D eigenvalue weighted by Crippen LogP contribution is -2.53. The zero-order valence-electron chi connectivity index (χ0n) is 18.7. The molecular weight excluding hydrogens is 406 g/mol. The van der Waals surface area contributed by atoms with Gasteiger partial charge in [-0.3, -0.25) is 9.59 Å². The summed E-state index contributed by atoms with van der Waals surface area (Å²) < 4.78 is 5.20. The average molecular weight is 436 g/mol. The molecule has 3 aliphatic heterocycles. The summed E-state index contributed by atoms with van der Waals surface area (Å²) in [6.07, 6.45) is 5.95. The summed E-state index contributed by atoms with van der Waals surface area (Å²) in [5.41, 5.74) is 0.0554. The van der Waals surface area contributed by atoms with Gasteiger partial charge in [-0.15, -0.1) is 0 Å². The van der Waals surface area contributed by atoms with Gasteiger partial charge < -0.3 is 19.4 Å². The van der Waals surface area contributed by atoms with E-state index in [1.54, 1.807) is 19.5 Å². The molecule has 2 amide bonds. The molecule has 0 saturated carbocycles. The van der Waals surface area contributed by atoms with Crippen LogP contribution in [0.2, 0.25) is 0 Å². The molecule has 3 aliphatic rings. The zero-order valence-corrected chi connectivity index (χ0v) is 18.7. The van der Waals surface area contributed by atoms with Crippen LogP contribution in [-0.4, -0.2) is 78.5 Å². The van der Waals surface area contributed by atoms with Crippen molar-refractivity contribution in [2.45, 2.75) is 19.3 Å². The predicted octanol–water partition coefficient (Wildman–Crippen LogP) is 2.08. The smallest absolute Gasteiger partial charge is 0.253 e. The fourth-order valence-corrected chi connectivity index (χ4v) is 5.92. The minimum absolute atomic E-state index is 0.0349. The number of carbonyl (C=O) groups is 2. The summed E-state index contributed by atoms with van der Waals surface area (Å²) in [6.45, 7) is 3.46. The van der Waals surface area contributed by atoms with E-state index in [2.05, 4.69) is 14.9 Å². The van der Waals surface area contributed by atoms with E-state index < -0.39 is 5.41 Å². The minimum atomic E-state index is -0.434. The maximum atomic E-state index is 13.4. The highest BCUT2D eigenvalue weighted by molar-refractivity contribution is 5.94. The van der Waals surface area contributed by atoms with Crippen molar-refractivity contribution >= 4 is 17.8 Å². The maximum Gasteiger partial charge on any atom is 0.253 e. The van der Waals surface area contributed by atoms with Crippen LogP contribution in [0.15, 0.2) is 42.7 Å². The normalized spacial score (nSPS) is 24.6. The van der Waals surface area contributed by atoms with Crippen molar-refractivity contribution in [1.29, 1.82) is 0 Å². The number of likely N-dealkylation sites (tertiary alicyclic amines) is 2. The molecule has 3 saturated heterocycles. The van der Waals surface area contributed by atoms with Crippen molar-refractivity contribution < 1.29 is 14.3 Å². The minimum Gasteiger partial charge on any atom is -0.497 e. The number of amides is 2. The van der Waals surface area contributed by atoms with E-state index in [9.17, 15) is 9.59 Å². The summed E-state index contributed by atoms with van der Waals surface area (Å²) in [5, 5.41) is 0. The molecule has 3 fully saturated rings. The van der Waals surface area contributed by atoms with Gasteiger partial charge in [0.1, 0.15) is 5.75 Å². The Bertz CT molecular complexity index is 1000. The number of hydrogen-bond acceptors (Lipinski definition) is 6. The van der Waals surface area contributed by atoms with Crippen LogP contribution < -0.4 is 9.64 Å². The van der Waals surface area contributed by atoms with Gasteiger partial charge in [-0.2, -0.15) is 0 Å². The molecule has 2 spiro atoms. The molecule has 1 atom stereocenters. The summed E-state index contributed by atoms with van der Waals surface area (Å²) in [6, 6.07) is 9.06. The summed E-state index contributed by atoms with van der Waals surface area (Å²) in [5.74, 6) is 1.68. The van der Waals surface area contributed by atoms with Crippen LogP contribution in [0.3, 0.4) is 0 Å². The molecule has 0 aliphatic carbocycles. The van der Waals surface area contributed by atoms with Crippen LogP contribution in [-0.2, 0) is 4.79 Å². The second-order valence-electron chi connectivity index (χ2n) is 9.26. The first kappa shape index (κ1) is 20.7. The average Bonchev–Trinajstić information content (AvgIpc) is 3.32. The number of piperidine rings is 1. The van der Waals surface area contributed by atoms with Crippen molar-refractivity contribution in [3.8, 4) is 5.75 Å². The van der Waals surface area contributed by atoms with Gasteiger partial charge in [-0.1, -0.05) is 0 Å². The third kappa shape index (κ3) is 3.12. The molecule has 0 N–H and O–H groups in total. The first-order valence-electron chi connectivity index (χ1n) is 11.2. The largest absolute Gasteiger partial charge is 0.497 e. The number of methoxy groups -OCH3 is 1. The molecule has 1 aromatic heterocycles. The summed E-state index contributed by atoms with van der Waals surface area (Å²) in [7, 11) is 3.51. The topological polar surface area (TPSA) is 78.9 Å². The van der Waals surface area contributed by atoms with Crippen LogP contribution >= 0.6 is 0 Å². The van der Waals surface area contributed by atoms with Gasteiger partial charge in [0.05, 0.1) is 12.5 Å². The third-order valence-electron chi connectivity index (χ3n) is 7.78. The second-order valence-corrected chi connectivity index (χ2v) is 9.26. The molecule has 1 aromatic carbocycles. The zero-order chi connectivity index (χ0) is 22.3. The first-order chi connectivity index (χ1) is 15.5. The third-order valence-corrected chi connectivity index (χ3v) is 7.78. The van der Waals surface area contributed by atoms with Crippen molar-refractivity contribution in [1.82, 2.24) is 19.8 Å². The second kappa shape index (κ2) is 7.76. The van der Waals surface area contributed by atoms with Crippen LogP contribution in [0.1, 0.15) is 29.6 Å². The molecule has 1 unspecified atom stereocenters. The Labute approximate surface area is 188 Å². The van der Waals surface area contributed by atoms with Crippen molar-refractivity contribution in [2.24, 2.45) is 10.8 Å². The molecule has 0 radical (unpaired) electrons. The Kier molecular flexibility index (Phi) is 5.03. The highest BCUT2D eigenvalue weighted by Crippen LogP contribution is 2.58. The lowest BCUT2D eigenvalue weighted by molar-refractivity contribution is -0.140. The number of anilines is 1. The van der Waals surface area contributed by atoms with E-state index in [4.69, 9.17) is 4.74 Å². The quantitative estimate of drug-likeness (QED) is 0.735. The van der Waals surface area contributed by atoms with E-state index in [0.29, 0.717) is 31.1 Å². The van der Waals surface area contributed by atoms with E-state index >= 15 is 0 Å². The molecule has 168 valence electrons. The number of benzene rings is 1. The molecule has 32 heavy (non-hydrogen) atoms. The number of fused-ring (bicyclic) bond motifs is 1. The Balaban J connectivity index is 1.38. The predicted molar refractivity (Wildman–Crippen MR) is 119 cm³/mol. The van der Waals surface area contributed by atoms with E-state index in [1.807, 2.05) is 47.2 Å². The van der Waals surface area contributed by atoms with Gasteiger partial charge in [0.25, 0.3) is 5.91 Å². The number of hydrogen-bond donors (Lipinski definition) is 0. The standard InChI is InChI=1S/C24H29N5O3/c1-27-13-10-24(21(27)31)17-29(22-25-11-3-12-26-22)16-23(24)8-14-28(15-9-23)20(30)18-4-6-19(32-2)7-5-18/h3-7,11-12H,8-10,13-17H2,1-2H3. The van der Waals surface area contributed by atoms with E-state index in [0.717, 1.165) is 38.1 Å². The molecule has 8 heteroatoms. The van der Waals surface area contributed by atoms with Crippen LogP contribution in [0, 0.1) is 10.8 Å². The van der Waals surface area contributed by atoms with Crippen molar-refractivity contribution in [3.63, 3.8) is 0 Å². The Morgan fingerprint density at radius 3 is 2.28 bits per heavy atom. The maximum absolute atomic E-state index is 13.4. The van der Waals surface area contributed by atoms with Crippen molar-refractivity contribution in [2.75, 3.05) is 51.8 Å². The first-order valence-corrected chi connectivity index (χ1v) is 11.2. The molecular formula is C24H29N5O3. The van der Waals surface area contributed by atoms with Crippen LogP contribution in [0.25, 0.3) is 0 Å². The van der Waals surface area contributed by atoms with E-state index in [1.165, 1.54) is 0 Å². The monoisotopic (exact) mass is 435 g/mol. The SMILES string of the molecule is COc1ccc(C(=O)N2CCC3(CC2)CN(c2ncccn2)CC32CCN(C)C2=O)cc1. The summed E-state index contributed by atoms with van der Waals surface area (Å²) >= 11 is 0. The van der Waals surface area contributed by atoms with Crippen LogP contribution in [0.5, 0.6) is 5.75 Å². The number of rotatable bonds is 3. The van der Waals surface area contributed by atoms with Crippen molar-refractivity contribution in [3.05, 3.63) is 48.3 Å². The highest BCUT2D eigenvalue weighted by atomic mass is 16.5. The Hall–Kier alpha value is -3.16. The Morgan fingerprint density at radius 2 is 1.69 bits per heavy atom. The molecule has 0 bridgehead atoms. The van der Waals surface area contributed by atoms with Crippen LogP contribution in [0.4, 0.5) is 5.95 Å². The number of ether oxygens (including phenoxy) is 1. The number of aromatic nitrogens is 2. The lowest BCUT2D eigenvalue weighted by Gasteiger charge is -2.46. The molecule has 2 aromatic rings. The molecule has 4 heterocycles. The highest BCUT2D eigenvalue weighted by Gasteiger charge is 2.65. The van der Waals surface area contributed by atoms with Gasteiger partial charge in [0.2, 0.25) is 11.9 Å². The summed E-state index contributed by atoms with van der Waals surface area (Å²) in [4.78, 5) is 41.4. The fourth-order valence-electron chi connectivity index (χ4n) is 5.92. The van der Waals surface area contributed by atoms with Gasteiger partial charge in [0.15, 0.2) is 0 Å². The molecule has 8 nitrogen and oxygen atoms in total. The van der Waals surface area contributed by atoms with Gasteiger partial charge in [-0.25, -0.2) is 9.97 Å². The number of nitrogens with zero attached hydrogens (tertiary/aromatic N) is 5. The van der Waals surface area contributed by atoms with E-state index in [-0.39, 0.29) is 17.2 Å². The lowest BCUT2D eigenvalue weighted by atomic mass is 9.60. The van der Waals surface area contributed by atoms with Gasteiger partial charge in [-0.05, 0) is 49.6 Å². The fraction of sp³-hybridized carbons (Fsp3) is 0.500. The Morgan fingerprint density at radius 1 is 1.00 bits per heavy atom. The molecule has 5 rings (SSSR count). The van der Waals surface area contributed by atoms with Gasteiger partial charge in [0, 0.05) is 63.1 Å². The number of carbonyl (C=O) groups excluding carboxylic acids is 2. The van der Waals surface area contributed by atoms with Gasteiger partial charge >= 0.3 is 0 Å².